The van der Waals surface area contributed by atoms with Gasteiger partial charge in [0.2, 0.25) is 11.8 Å². The zero-order chi connectivity index (χ0) is 22.8. The van der Waals surface area contributed by atoms with E-state index in [4.69, 9.17) is 5.73 Å². The summed E-state index contributed by atoms with van der Waals surface area (Å²) in [6.07, 6.45) is 2.37. The molecule has 2 heterocycles. The quantitative estimate of drug-likeness (QED) is 0.563. The predicted molar refractivity (Wildman–Crippen MR) is 128 cm³/mol. The largest absolute Gasteiger partial charge is 0.397 e. The molecule has 0 aliphatic carbocycles. The van der Waals surface area contributed by atoms with Crippen molar-refractivity contribution in [2.45, 2.75) is 39.3 Å². The van der Waals surface area contributed by atoms with Crippen LogP contribution in [0.15, 0.2) is 60.8 Å². The summed E-state index contributed by atoms with van der Waals surface area (Å²) in [6, 6.07) is 17.5. The molecule has 32 heavy (non-hydrogen) atoms. The number of benzene rings is 2. The van der Waals surface area contributed by atoms with Gasteiger partial charge in [0.05, 0.1) is 17.9 Å². The Labute approximate surface area is 187 Å². The van der Waals surface area contributed by atoms with Crippen LogP contribution in [0.4, 0.5) is 22.9 Å². The number of fused-ring (bicyclic) bond motifs is 1. The van der Waals surface area contributed by atoms with Gasteiger partial charge in [-0.1, -0.05) is 18.2 Å². The molecule has 4 N–H and O–H groups in total. The van der Waals surface area contributed by atoms with Crippen LogP contribution in [0.1, 0.15) is 38.8 Å². The molecule has 7 nitrogen and oxygen atoms in total. The van der Waals surface area contributed by atoms with Gasteiger partial charge >= 0.3 is 0 Å². The maximum absolute atomic E-state index is 12.4. The number of carbonyl (C=O) groups is 2. The molecule has 4 rings (SSSR count). The first-order valence-corrected chi connectivity index (χ1v) is 10.6. The Morgan fingerprint density at radius 2 is 1.84 bits per heavy atom. The number of nitrogens with one attached hydrogen (secondary N) is 2. The molecule has 0 bridgehead atoms. The second kappa shape index (κ2) is 8.70. The van der Waals surface area contributed by atoms with Crippen molar-refractivity contribution < 1.29 is 9.59 Å². The minimum absolute atomic E-state index is 0.0169. The van der Waals surface area contributed by atoms with Crippen molar-refractivity contribution in [3.8, 4) is 11.1 Å². The number of nitrogen functional groups attached to an aromatic ring is 1. The van der Waals surface area contributed by atoms with E-state index >= 15 is 0 Å². The molecule has 1 aliphatic heterocycles. The van der Waals surface area contributed by atoms with Crippen LogP contribution >= 0.6 is 0 Å². The van der Waals surface area contributed by atoms with Gasteiger partial charge in [-0.05, 0) is 66.4 Å². The molecule has 0 spiro atoms. The van der Waals surface area contributed by atoms with Crippen LogP contribution in [0.2, 0.25) is 0 Å². The summed E-state index contributed by atoms with van der Waals surface area (Å²) in [4.78, 5) is 30.1. The molecule has 1 aliphatic rings. The zero-order valence-electron chi connectivity index (χ0n) is 18.4. The monoisotopic (exact) mass is 429 g/mol. The van der Waals surface area contributed by atoms with E-state index in [2.05, 4.69) is 28.6 Å². The Kier molecular flexibility index (Phi) is 5.81. The number of rotatable bonds is 4. The van der Waals surface area contributed by atoms with Crippen molar-refractivity contribution in [2.24, 2.45) is 0 Å². The van der Waals surface area contributed by atoms with Gasteiger partial charge in [0.25, 0.3) is 0 Å². The van der Waals surface area contributed by atoms with Crippen molar-refractivity contribution in [1.82, 2.24) is 4.98 Å². The number of hydrogen-bond donors (Lipinski definition) is 3. The van der Waals surface area contributed by atoms with E-state index in [1.807, 2.05) is 53.4 Å². The summed E-state index contributed by atoms with van der Waals surface area (Å²) in [7, 11) is 0. The van der Waals surface area contributed by atoms with E-state index in [9.17, 15) is 9.59 Å². The minimum atomic E-state index is -0.112. The molecular formula is C25H27N5O2. The molecule has 1 aromatic heterocycles. The summed E-state index contributed by atoms with van der Waals surface area (Å²) >= 11 is 0. The van der Waals surface area contributed by atoms with E-state index in [0.717, 1.165) is 40.3 Å². The van der Waals surface area contributed by atoms with Gasteiger partial charge in [-0.3, -0.25) is 9.59 Å². The first-order valence-electron chi connectivity index (χ1n) is 10.6. The first-order chi connectivity index (χ1) is 15.3. The van der Waals surface area contributed by atoms with Gasteiger partial charge in [0.15, 0.2) is 0 Å². The van der Waals surface area contributed by atoms with Gasteiger partial charge < -0.3 is 21.3 Å². The Balaban J connectivity index is 1.75. The van der Waals surface area contributed by atoms with E-state index in [-0.39, 0.29) is 23.9 Å². The molecule has 2 amide bonds. The minimum Gasteiger partial charge on any atom is -0.397 e. The molecule has 0 fully saturated rings. The highest BCUT2D eigenvalue weighted by Gasteiger charge is 2.32. The van der Waals surface area contributed by atoms with Crippen molar-refractivity contribution in [3.05, 3.63) is 66.4 Å². The lowest BCUT2D eigenvalue weighted by molar-refractivity contribution is -0.117. The smallest absolute Gasteiger partial charge is 0.224 e. The summed E-state index contributed by atoms with van der Waals surface area (Å²) < 4.78 is 0. The van der Waals surface area contributed by atoms with Crippen molar-refractivity contribution in [1.29, 1.82) is 0 Å². The third kappa shape index (κ3) is 4.42. The Hall–Kier alpha value is -3.87. The van der Waals surface area contributed by atoms with Crippen LogP contribution in [0, 0.1) is 0 Å². The summed E-state index contributed by atoms with van der Waals surface area (Å²) in [5.74, 6) is 0.638. The number of nitrogens with two attached hydrogens (primary N) is 1. The lowest BCUT2D eigenvalue weighted by atomic mass is 9.89. The van der Waals surface area contributed by atoms with E-state index in [0.29, 0.717) is 5.69 Å². The lowest BCUT2D eigenvalue weighted by Gasteiger charge is -2.39. The average molecular weight is 430 g/mol. The van der Waals surface area contributed by atoms with Crippen LogP contribution in [-0.2, 0) is 9.59 Å². The predicted octanol–water partition coefficient (Wildman–Crippen LogP) is 4.59. The van der Waals surface area contributed by atoms with Gasteiger partial charge in [0, 0.05) is 31.3 Å². The van der Waals surface area contributed by atoms with Crippen LogP contribution in [0.3, 0.4) is 0 Å². The molecule has 7 heteroatoms. The fraction of sp³-hybridized carbons (Fsp3) is 0.240. The molecule has 0 radical (unpaired) electrons. The van der Waals surface area contributed by atoms with Gasteiger partial charge in [-0.15, -0.1) is 0 Å². The molecule has 164 valence electrons. The topological polar surface area (TPSA) is 100 Å². The number of anilines is 4. The van der Waals surface area contributed by atoms with E-state index in [1.54, 1.807) is 13.1 Å². The van der Waals surface area contributed by atoms with Crippen LogP contribution in [0.25, 0.3) is 11.1 Å². The van der Waals surface area contributed by atoms with Crippen LogP contribution in [-0.4, -0.2) is 22.8 Å². The SMILES string of the molecule is CC(=O)Nc1cccc(-c2ccc3c(c2)[C@H](Nc2ccc(N)cn2)C[C@H](C)N3C(C)=O)c1. The number of hydrogen-bond acceptors (Lipinski definition) is 5. The standard InChI is InChI=1S/C25H27N5O2/c1-15-11-23(29-25-10-8-20(26)14-27-25)22-13-19(7-9-24(22)30(15)17(3)32)18-5-4-6-21(12-18)28-16(2)31/h4-10,12-15,23H,11,26H2,1-3H3,(H,27,29)(H,28,31)/t15-,23+/m0/s1. The second-order valence-corrected chi connectivity index (χ2v) is 8.18. The fourth-order valence-corrected chi connectivity index (χ4v) is 4.31. The molecule has 0 saturated heterocycles. The van der Waals surface area contributed by atoms with Crippen LogP contribution in [0.5, 0.6) is 0 Å². The Bertz CT molecular complexity index is 1160. The third-order valence-electron chi connectivity index (χ3n) is 5.64. The van der Waals surface area contributed by atoms with Crippen LogP contribution < -0.4 is 21.3 Å². The van der Waals surface area contributed by atoms with Gasteiger partial charge in [-0.2, -0.15) is 0 Å². The highest BCUT2D eigenvalue weighted by molar-refractivity contribution is 5.94. The molecule has 0 saturated carbocycles. The van der Waals surface area contributed by atoms with E-state index < -0.39 is 0 Å². The molecule has 3 aromatic rings. The van der Waals surface area contributed by atoms with Gasteiger partial charge in [-0.25, -0.2) is 4.98 Å². The lowest BCUT2D eigenvalue weighted by Crippen LogP contribution is -2.43. The molecule has 0 unspecified atom stereocenters. The van der Waals surface area contributed by atoms with Crippen molar-refractivity contribution in [3.63, 3.8) is 0 Å². The highest BCUT2D eigenvalue weighted by atomic mass is 16.2. The zero-order valence-corrected chi connectivity index (χ0v) is 18.4. The Morgan fingerprint density at radius 1 is 1.06 bits per heavy atom. The average Bonchev–Trinajstić information content (AvgIpc) is 2.74. The molecule has 2 aromatic carbocycles. The van der Waals surface area contributed by atoms with Crippen molar-refractivity contribution in [2.75, 3.05) is 21.3 Å². The Morgan fingerprint density at radius 3 is 2.53 bits per heavy atom. The highest BCUT2D eigenvalue weighted by Crippen LogP contribution is 2.41. The maximum Gasteiger partial charge on any atom is 0.224 e. The number of aromatic nitrogens is 1. The molecular weight excluding hydrogens is 402 g/mol. The number of amides is 2. The van der Waals surface area contributed by atoms with Crippen molar-refractivity contribution >= 4 is 34.7 Å². The summed E-state index contributed by atoms with van der Waals surface area (Å²) in [5.41, 5.74) is 11.0. The first kappa shape index (κ1) is 21.4. The number of nitrogens with zero attached hydrogens (tertiary/aromatic N) is 2. The second-order valence-electron chi connectivity index (χ2n) is 8.18. The summed E-state index contributed by atoms with van der Waals surface area (Å²) in [6.45, 7) is 5.14. The fourth-order valence-electron chi connectivity index (χ4n) is 4.31. The normalized spacial score (nSPS) is 17.4. The third-order valence-corrected chi connectivity index (χ3v) is 5.64. The number of pyridine rings is 1. The molecule has 2 atom stereocenters. The summed E-state index contributed by atoms with van der Waals surface area (Å²) in [5, 5.41) is 6.34. The van der Waals surface area contributed by atoms with Gasteiger partial charge in [0.1, 0.15) is 5.82 Å². The maximum atomic E-state index is 12.4. The number of carbonyl (C=O) groups excluding carboxylic acids is 2. The van der Waals surface area contributed by atoms with E-state index in [1.165, 1.54) is 6.92 Å².